The van der Waals surface area contributed by atoms with Crippen LogP contribution in [0.2, 0.25) is 0 Å². The Morgan fingerprint density at radius 3 is 1.78 bits per heavy atom. The number of benzene rings is 7. The highest BCUT2D eigenvalue weighted by Crippen LogP contribution is 2.56. The maximum atomic E-state index is 3.85. The minimum absolute atomic E-state index is 0.00262. The van der Waals surface area contributed by atoms with Crippen LogP contribution < -0.4 is 5.32 Å². The monoisotopic (exact) mass is 642 g/mol. The largest absolute Gasteiger partial charge is 0.327 e. The topological polar surface area (TPSA) is 17.0 Å². The first kappa shape index (κ1) is 29.2. The molecule has 0 fully saturated rings. The Balaban J connectivity index is 1.09. The van der Waals surface area contributed by atoms with Gasteiger partial charge < -0.3 is 4.57 Å². The predicted molar refractivity (Wildman–Crippen MR) is 208 cm³/mol. The predicted octanol–water partition coefficient (Wildman–Crippen LogP) is 11.2. The Kier molecular flexibility index (Phi) is 6.37. The SMILES string of the molecule is CC1(C)c2ccccc2-c2ccc(CNCn3c4ccccc4c4ccc(C5(c6ccccc6)c6ccccc6-c6ccccc65)cc43)cc21. The van der Waals surface area contributed by atoms with E-state index in [1.807, 2.05) is 0 Å². The molecule has 0 saturated heterocycles. The van der Waals surface area contributed by atoms with Crippen molar-refractivity contribution in [1.82, 2.24) is 9.88 Å². The summed E-state index contributed by atoms with van der Waals surface area (Å²) in [5.41, 5.74) is 16.9. The summed E-state index contributed by atoms with van der Waals surface area (Å²) >= 11 is 0. The minimum atomic E-state index is -0.424. The third-order valence-corrected chi connectivity index (χ3v) is 11.6. The molecule has 1 heterocycles. The lowest BCUT2D eigenvalue weighted by Crippen LogP contribution is -2.28. The van der Waals surface area contributed by atoms with Gasteiger partial charge in [-0.1, -0.05) is 166 Å². The molecule has 1 aromatic heterocycles. The van der Waals surface area contributed by atoms with Crippen LogP contribution in [0.25, 0.3) is 44.1 Å². The quantitative estimate of drug-likeness (QED) is 0.191. The lowest BCUT2D eigenvalue weighted by atomic mass is 9.67. The summed E-state index contributed by atoms with van der Waals surface area (Å²) in [5, 5.41) is 6.42. The van der Waals surface area contributed by atoms with Gasteiger partial charge in [0.1, 0.15) is 0 Å². The van der Waals surface area contributed by atoms with E-state index < -0.39 is 5.41 Å². The number of para-hydroxylation sites is 1. The Hall–Kier alpha value is -5.70. The smallest absolute Gasteiger partial charge is 0.0734 e. The Morgan fingerprint density at radius 1 is 0.460 bits per heavy atom. The van der Waals surface area contributed by atoms with Crippen LogP contribution in [-0.2, 0) is 24.0 Å². The Labute approximate surface area is 293 Å². The fraction of sp³-hybridized carbons (Fsp3) is 0.125. The number of nitrogens with zero attached hydrogens (tertiary/aromatic N) is 1. The summed E-state index contributed by atoms with van der Waals surface area (Å²) in [6.45, 7) is 6.21. The number of rotatable bonds is 6. The van der Waals surface area contributed by atoms with Gasteiger partial charge >= 0.3 is 0 Å². The van der Waals surface area contributed by atoms with Crippen LogP contribution in [0.1, 0.15) is 52.8 Å². The van der Waals surface area contributed by atoms with Crippen molar-refractivity contribution in [3.05, 3.63) is 203 Å². The van der Waals surface area contributed by atoms with Gasteiger partial charge in [-0.2, -0.15) is 0 Å². The van der Waals surface area contributed by atoms with Crippen LogP contribution in [-0.4, -0.2) is 4.57 Å². The molecule has 2 aliphatic carbocycles. The third kappa shape index (κ3) is 4.00. The van der Waals surface area contributed by atoms with E-state index in [1.165, 1.54) is 83.0 Å². The average Bonchev–Trinajstić information content (AvgIpc) is 3.73. The van der Waals surface area contributed by atoms with Crippen LogP contribution in [0.3, 0.4) is 0 Å². The van der Waals surface area contributed by atoms with Gasteiger partial charge in [-0.15, -0.1) is 0 Å². The van der Waals surface area contributed by atoms with Crippen LogP contribution in [0.5, 0.6) is 0 Å². The third-order valence-electron chi connectivity index (χ3n) is 11.6. The van der Waals surface area contributed by atoms with E-state index in [9.17, 15) is 0 Å². The van der Waals surface area contributed by atoms with Crippen molar-refractivity contribution in [2.24, 2.45) is 0 Å². The molecule has 10 rings (SSSR count). The molecule has 8 aromatic rings. The van der Waals surface area contributed by atoms with Crippen LogP contribution in [0.4, 0.5) is 0 Å². The number of hydrogen-bond acceptors (Lipinski definition) is 1. The molecule has 2 aliphatic rings. The van der Waals surface area contributed by atoms with Gasteiger partial charge in [-0.05, 0) is 73.3 Å². The first-order valence-electron chi connectivity index (χ1n) is 17.8. The van der Waals surface area contributed by atoms with Gasteiger partial charge in [0.25, 0.3) is 0 Å². The van der Waals surface area contributed by atoms with E-state index in [0.717, 1.165) is 6.54 Å². The molecule has 0 atom stereocenters. The van der Waals surface area contributed by atoms with Crippen molar-refractivity contribution in [3.8, 4) is 22.3 Å². The van der Waals surface area contributed by atoms with Gasteiger partial charge in [0.05, 0.1) is 23.1 Å². The molecule has 1 N–H and O–H groups in total. The Morgan fingerprint density at radius 2 is 1.04 bits per heavy atom. The van der Waals surface area contributed by atoms with Crippen molar-refractivity contribution < 1.29 is 0 Å². The molecular weight excluding hydrogens is 605 g/mol. The van der Waals surface area contributed by atoms with E-state index in [-0.39, 0.29) is 5.41 Å². The molecule has 240 valence electrons. The second kappa shape index (κ2) is 10.9. The number of fused-ring (bicyclic) bond motifs is 9. The summed E-state index contributed by atoms with van der Waals surface area (Å²) in [6.07, 6.45) is 0. The molecular formula is C48H38N2. The van der Waals surface area contributed by atoms with Crippen molar-refractivity contribution >= 4 is 21.8 Å². The molecule has 50 heavy (non-hydrogen) atoms. The van der Waals surface area contributed by atoms with Crippen molar-refractivity contribution in [2.45, 2.75) is 37.9 Å². The maximum Gasteiger partial charge on any atom is 0.0734 e. The summed E-state index contributed by atoms with van der Waals surface area (Å²) < 4.78 is 2.48. The van der Waals surface area contributed by atoms with Crippen molar-refractivity contribution in [3.63, 3.8) is 0 Å². The molecule has 0 radical (unpaired) electrons. The molecule has 0 unspecified atom stereocenters. The molecule has 0 saturated carbocycles. The van der Waals surface area contributed by atoms with Crippen molar-refractivity contribution in [2.75, 3.05) is 0 Å². The normalized spacial score (nSPS) is 14.8. The van der Waals surface area contributed by atoms with Gasteiger partial charge in [-0.3, -0.25) is 5.32 Å². The van der Waals surface area contributed by atoms with Crippen LogP contribution in [0, 0.1) is 0 Å². The molecule has 0 aliphatic heterocycles. The number of hydrogen-bond donors (Lipinski definition) is 1. The van der Waals surface area contributed by atoms with Crippen LogP contribution >= 0.6 is 0 Å². The molecule has 0 amide bonds. The van der Waals surface area contributed by atoms with Gasteiger partial charge in [-0.25, -0.2) is 0 Å². The highest BCUT2D eigenvalue weighted by atomic mass is 15.1. The first-order chi connectivity index (χ1) is 24.6. The van der Waals surface area contributed by atoms with E-state index in [1.54, 1.807) is 0 Å². The standard InChI is InChI=1S/C48H38N2/c1-47(2)41-20-10-6-16-35(41)38-26-24-32(28-44(38)47)30-49-31-50-45-23-13-9-19-39(45)40-27-25-34(29-46(40)50)48(33-14-4-3-5-15-33)42-21-11-7-17-36(42)37-18-8-12-22-43(37)48/h3-29,49H,30-31H2,1-2H3. The fourth-order valence-corrected chi connectivity index (χ4v) is 9.34. The van der Waals surface area contributed by atoms with Crippen LogP contribution in [0.15, 0.2) is 164 Å². The van der Waals surface area contributed by atoms with E-state index >= 15 is 0 Å². The summed E-state index contributed by atoms with van der Waals surface area (Å²) in [6, 6.07) is 61.0. The fourth-order valence-electron chi connectivity index (χ4n) is 9.34. The molecule has 7 aromatic carbocycles. The zero-order valence-corrected chi connectivity index (χ0v) is 28.4. The molecule has 2 heteroatoms. The highest BCUT2D eigenvalue weighted by molar-refractivity contribution is 6.08. The summed E-state index contributed by atoms with van der Waals surface area (Å²) in [4.78, 5) is 0. The van der Waals surface area contributed by atoms with E-state index in [2.05, 4.69) is 188 Å². The zero-order chi connectivity index (χ0) is 33.5. The maximum absolute atomic E-state index is 3.85. The summed E-state index contributed by atoms with van der Waals surface area (Å²) in [7, 11) is 0. The van der Waals surface area contributed by atoms with E-state index in [0.29, 0.717) is 6.67 Å². The lowest BCUT2D eigenvalue weighted by Gasteiger charge is -2.34. The average molecular weight is 643 g/mol. The second-order valence-corrected chi connectivity index (χ2v) is 14.5. The van der Waals surface area contributed by atoms with E-state index in [4.69, 9.17) is 0 Å². The molecule has 0 bridgehead atoms. The minimum Gasteiger partial charge on any atom is -0.327 e. The first-order valence-corrected chi connectivity index (χ1v) is 17.8. The number of aromatic nitrogens is 1. The number of nitrogens with one attached hydrogen (secondary N) is 1. The Bertz CT molecular complexity index is 2560. The second-order valence-electron chi connectivity index (χ2n) is 14.5. The highest BCUT2D eigenvalue weighted by Gasteiger charge is 2.46. The lowest BCUT2D eigenvalue weighted by molar-refractivity contribution is 0.580. The van der Waals surface area contributed by atoms with Gasteiger partial charge in [0.15, 0.2) is 0 Å². The van der Waals surface area contributed by atoms with Crippen molar-refractivity contribution in [1.29, 1.82) is 0 Å². The molecule has 0 spiro atoms. The molecule has 2 nitrogen and oxygen atoms in total. The zero-order valence-electron chi connectivity index (χ0n) is 28.4. The van der Waals surface area contributed by atoms with Gasteiger partial charge in [0.2, 0.25) is 0 Å². The van der Waals surface area contributed by atoms with Gasteiger partial charge in [0, 0.05) is 22.7 Å². The summed E-state index contributed by atoms with van der Waals surface area (Å²) in [5.74, 6) is 0.